The first kappa shape index (κ1) is 15.5. The summed E-state index contributed by atoms with van der Waals surface area (Å²) >= 11 is 0. The van der Waals surface area contributed by atoms with Crippen molar-refractivity contribution in [2.24, 2.45) is 0 Å². The Morgan fingerprint density at radius 1 is 1.48 bits per heavy atom. The SMILES string of the molecule is CCN(CC)C1CCN(c2ccc(/C=C/C(=O)O)cn2)C1. The first-order valence-electron chi connectivity index (χ1n) is 7.50. The Bertz CT molecular complexity index is 495. The molecule has 21 heavy (non-hydrogen) atoms. The minimum atomic E-state index is -0.944. The van der Waals surface area contributed by atoms with E-state index in [0.717, 1.165) is 43.6 Å². The molecule has 1 aromatic rings. The Morgan fingerprint density at radius 2 is 2.24 bits per heavy atom. The molecule has 0 amide bonds. The van der Waals surface area contributed by atoms with Crippen molar-refractivity contribution in [1.29, 1.82) is 0 Å². The lowest BCUT2D eigenvalue weighted by Crippen LogP contribution is -2.37. The summed E-state index contributed by atoms with van der Waals surface area (Å²) in [4.78, 5) is 19.7. The second-order valence-electron chi connectivity index (χ2n) is 5.23. The highest BCUT2D eigenvalue weighted by molar-refractivity contribution is 5.85. The summed E-state index contributed by atoms with van der Waals surface area (Å²) in [7, 11) is 0. The Labute approximate surface area is 125 Å². The largest absolute Gasteiger partial charge is 0.478 e. The van der Waals surface area contributed by atoms with E-state index in [4.69, 9.17) is 5.11 Å². The quantitative estimate of drug-likeness (QED) is 0.813. The molecule has 0 aliphatic carbocycles. The minimum absolute atomic E-state index is 0.605. The summed E-state index contributed by atoms with van der Waals surface area (Å²) in [6, 6.07) is 4.48. The van der Waals surface area contributed by atoms with Gasteiger partial charge in [-0.25, -0.2) is 9.78 Å². The molecule has 0 spiro atoms. The fourth-order valence-corrected chi connectivity index (χ4v) is 2.84. The third-order valence-electron chi connectivity index (χ3n) is 4.01. The van der Waals surface area contributed by atoms with Crippen LogP contribution in [0.15, 0.2) is 24.4 Å². The van der Waals surface area contributed by atoms with E-state index in [-0.39, 0.29) is 0 Å². The number of aromatic nitrogens is 1. The second-order valence-corrected chi connectivity index (χ2v) is 5.23. The van der Waals surface area contributed by atoms with Crippen molar-refractivity contribution in [2.75, 3.05) is 31.1 Å². The highest BCUT2D eigenvalue weighted by atomic mass is 16.4. The van der Waals surface area contributed by atoms with Gasteiger partial charge in [0.25, 0.3) is 0 Å². The molecule has 1 aliphatic rings. The molecule has 1 fully saturated rings. The van der Waals surface area contributed by atoms with E-state index in [1.54, 1.807) is 12.3 Å². The van der Waals surface area contributed by atoms with Gasteiger partial charge in [-0.15, -0.1) is 0 Å². The van der Waals surface area contributed by atoms with Crippen LogP contribution >= 0.6 is 0 Å². The Kier molecular flexibility index (Phi) is 5.33. The van der Waals surface area contributed by atoms with Gasteiger partial charge in [0.1, 0.15) is 5.82 Å². The third-order valence-corrected chi connectivity index (χ3v) is 4.01. The average molecular weight is 289 g/mol. The number of likely N-dealkylation sites (N-methyl/N-ethyl adjacent to an activating group) is 1. The van der Waals surface area contributed by atoms with Crippen LogP contribution in [0.25, 0.3) is 6.08 Å². The molecule has 2 heterocycles. The molecule has 0 saturated carbocycles. The van der Waals surface area contributed by atoms with Gasteiger partial charge in [-0.1, -0.05) is 13.8 Å². The smallest absolute Gasteiger partial charge is 0.328 e. The van der Waals surface area contributed by atoms with E-state index in [2.05, 4.69) is 28.6 Å². The normalized spacial score (nSPS) is 18.8. The molecule has 1 unspecified atom stereocenters. The lowest BCUT2D eigenvalue weighted by Gasteiger charge is -2.26. The van der Waals surface area contributed by atoms with Crippen molar-refractivity contribution in [3.05, 3.63) is 30.0 Å². The number of hydrogen-bond acceptors (Lipinski definition) is 4. The predicted octanol–water partition coefficient (Wildman–Crippen LogP) is 2.10. The maximum atomic E-state index is 10.5. The van der Waals surface area contributed by atoms with Crippen molar-refractivity contribution < 1.29 is 9.90 Å². The zero-order valence-electron chi connectivity index (χ0n) is 12.7. The molecule has 1 atom stereocenters. The summed E-state index contributed by atoms with van der Waals surface area (Å²) in [6.07, 6.45) is 5.58. The van der Waals surface area contributed by atoms with Gasteiger partial charge >= 0.3 is 5.97 Å². The number of nitrogens with zero attached hydrogens (tertiary/aromatic N) is 3. The van der Waals surface area contributed by atoms with Crippen molar-refractivity contribution in [2.45, 2.75) is 26.3 Å². The molecule has 1 aromatic heterocycles. The molecule has 5 heteroatoms. The number of carboxylic acid groups (broad SMARTS) is 1. The summed E-state index contributed by atoms with van der Waals surface area (Å²) in [5.41, 5.74) is 0.806. The Hall–Kier alpha value is -1.88. The first-order chi connectivity index (χ1) is 10.1. The molecule has 0 aromatic carbocycles. The zero-order valence-corrected chi connectivity index (χ0v) is 12.7. The topological polar surface area (TPSA) is 56.7 Å². The van der Waals surface area contributed by atoms with E-state index < -0.39 is 5.97 Å². The number of pyridine rings is 1. The van der Waals surface area contributed by atoms with Crippen LogP contribution in [0.3, 0.4) is 0 Å². The Morgan fingerprint density at radius 3 is 2.81 bits per heavy atom. The van der Waals surface area contributed by atoms with Crippen LogP contribution in [0, 0.1) is 0 Å². The summed E-state index contributed by atoms with van der Waals surface area (Å²) in [6.45, 7) is 8.61. The number of aliphatic carboxylic acids is 1. The summed E-state index contributed by atoms with van der Waals surface area (Å²) < 4.78 is 0. The van der Waals surface area contributed by atoms with E-state index in [1.807, 2.05) is 12.1 Å². The highest BCUT2D eigenvalue weighted by Gasteiger charge is 2.26. The van der Waals surface area contributed by atoms with Crippen molar-refractivity contribution >= 4 is 17.9 Å². The van der Waals surface area contributed by atoms with E-state index in [9.17, 15) is 4.79 Å². The molecular weight excluding hydrogens is 266 g/mol. The molecule has 1 saturated heterocycles. The van der Waals surface area contributed by atoms with Gasteiger partial charge in [0.15, 0.2) is 0 Å². The van der Waals surface area contributed by atoms with Gasteiger partial charge in [-0.05, 0) is 43.3 Å². The monoisotopic (exact) mass is 289 g/mol. The molecule has 5 nitrogen and oxygen atoms in total. The van der Waals surface area contributed by atoms with Gasteiger partial charge in [-0.3, -0.25) is 4.90 Å². The molecule has 1 N–H and O–H groups in total. The lowest BCUT2D eigenvalue weighted by atomic mass is 10.2. The third kappa shape index (κ3) is 4.04. The van der Waals surface area contributed by atoms with E-state index in [1.165, 1.54) is 6.42 Å². The van der Waals surface area contributed by atoms with Gasteiger partial charge in [0.2, 0.25) is 0 Å². The van der Waals surface area contributed by atoms with Gasteiger partial charge < -0.3 is 10.0 Å². The molecule has 1 aliphatic heterocycles. The molecule has 0 radical (unpaired) electrons. The maximum Gasteiger partial charge on any atom is 0.328 e. The fourth-order valence-electron chi connectivity index (χ4n) is 2.84. The number of carboxylic acids is 1. The highest BCUT2D eigenvalue weighted by Crippen LogP contribution is 2.21. The van der Waals surface area contributed by atoms with E-state index >= 15 is 0 Å². The van der Waals surface area contributed by atoms with Gasteiger partial charge in [0.05, 0.1) is 0 Å². The number of rotatable bonds is 6. The summed E-state index contributed by atoms with van der Waals surface area (Å²) in [5.74, 6) is 0.0258. The summed E-state index contributed by atoms with van der Waals surface area (Å²) in [5, 5.41) is 8.61. The van der Waals surface area contributed by atoms with Crippen LogP contribution in [0.4, 0.5) is 5.82 Å². The van der Waals surface area contributed by atoms with Gasteiger partial charge in [0, 0.05) is 31.4 Å². The lowest BCUT2D eigenvalue weighted by molar-refractivity contribution is -0.131. The molecular formula is C16H23N3O2. The van der Waals surface area contributed by atoms with E-state index in [0.29, 0.717) is 6.04 Å². The average Bonchev–Trinajstić information content (AvgIpc) is 2.97. The van der Waals surface area contributed by atoms with Crippen LogP contribution in [0.1, 0.15) is 25.8 Å². The standard InChI is InChI=1S/C16H23N3O2/c1-3-18(4-2)14-9-10-19(12-14)15-7-5-13(11-17-15)6-8-16(20)21/h5-8,11,14H,3-4,9-10,12H2,1-2H3,(H,20,21)/b8-6+. The molecule has 114 valence electrons. The minimum Gasteiger partial charge on any atom is -0.478 e. The second kappa shape index (κ2) is 7.22. The van der Waals surface area contributed by atoms with Crippen LogP contribution in [-0.4, -0.2) is 53.2 Å². The predicted molar refractivity (Wildman–Crippen MR) is 84.4 cm³/mol. The number of anilines is 1. The fraction of sp³-hybridized carbons (Fsp3) is 0.500. The van der Waals surface area contributed by atoms with Crippen molar-refractivity contribution in [1.82, 2.24) is 9.88 Å². The van der Waals surface area contributed by atoms with Crippen LogP contribution in [0.5, 0.6) is 0 Å². The van der Waals surface area contributed by atoms with Crippen LogP contribution in [0.2, 0.25) is 0 Å². The Balaban J connectivity index is 1.99. The molecule has 2 rings (SSSR count). The van der Waals surface area contributed by atoms with Gasteiger partial charge in [-0.2, -0.15) is 0 Å². The molecule has 0 bridgehead atoms. The maximum absolute atomic E-state index is 10.5. The van der Waals surface area contributed by atoms with Crippen molar-refractivity contribution in [3.63, 3.8) is 0 Å². The first-order valence-corrected chi connectivity index (χ1v) is 7.50. The van der Waals surface area contributed by atoms with Crippen LogP contribution in [-0.2, 0) is 4.79 Å². The van der Waals surface area contributed by atoms with Crippen molar-refractivity contribution in [3.8, 4) is 0 Å². The number of hydrogen-bond donors (Lipinski definition) is 1. The van der Waals surface area contributed by atoms with Crippen LogP contribution < -0.4 is 4.90 Å². The zero-order chi connectivity index (χ0) is 15.2. The number of carbonyl (C=O) groups is 1.